The molecule has 2 aromatic rings. The Kier molecular flexibility index (Phi) is 7.09. The molecular formula is C22H26N2O6S. The van der Waals surface area contributed by atoms with Crippen molar-refractivity contribution >= 4 is 27.6 Å². The first-order valence-electron chi connectivity index (χ1n) is 9.92. The highest BCUT2D eigenvalue weighted by atomic mass is 32.2. The number of nitrogens with zero attached hydrogens (tertiary/aromatic N) is 1. The minimum atomic E-state index is -3.76. The molecule has 1 fully saturated rings. The largest absolute Gasteiger partial charge is 0.452 e. The van der Waals surface area contributed by atoms with Crippen molar-refractivity contribution in [1.82, 2.24) is 4.31 Å². The zero-order valence-corrected chi connectivity index (χ0v) is 18.6. The van der Waals surface area contributed by atoms with Crippen molar-refractivity contribution in [3.8, 4) is 0 Å². The summed E-state index contributed by atoms with van der Waals surface area (Å²) in [5, 5.41) is 2.72. The molecule has 0 aliphatic carbocycles. The van der Waals surface area contributed by atoms with Gasteiger partial charge in [0, 0.05) is 18.8 Å². The molecule has 1 aliphatic rings. The summed E-state index contributed by atoms with van der Waals surface area (Å²) in [6.07, 6.45) is 0. The lowest BCUT2D eigenvalue weighted by molar-refractivity contribution is -0.119. The molecule has 0 bridgehead atoms. The van der Waals surface area contributed by atoms with E-state index < -0.39 is 28.5 Å². The minimum absolute atomic E-state index is 0.0451. The molecule has 31 heavy (non-hydrogen) atoms. The Labute approximate surface area is 182 Å². The molecule has 8 nitrogen and oxygen atoms in total. The van der Waals surface area contributed by atoms with Gasteiger partial charge in [-0.3, -0.25) is 4.79 Å². The molecule has 1 amide bonds. The number of carbonyl (C=O) groups excluding carboxylic acids is 2. The van der Waals surface area contributed by atoms with Gasteiger partial charge in [0.25, 0.3) is 5.91 Å². The minimum Gasteiger partial charge on any atom is -0.452 e. The number of sulfonamides is 1. The molecule has 0 unspecified atom stereocenters. The van der Waals surface area contributed by atoms with Crippen LogP contribution < -0.4 is 5.32 Å². The number of esters is 1. The van der Waals surface area contributed by atoms with Gasteiger partial charge in [-0.1, -0.05) is 18.2 Å². The van der Waals surface area contributed by atoms with E-state index in [1.165, 1.54) is 16.4 Å². The Balaban J connectivity index is 1.69. The molecule has 9 heteroatoms. The maximum absolute atomic E-state index is 13.0. The lowest BCUT2D eigenvalue weighted by Crippen LogP contribution is -2.40. The Morgan fingerprint density at radius 1 is 1.06 bits per heavy atom. The van der Waals surface area contributed by atoms with Crippen LogP contribution in [0.4, 0.5) is 5.69 Å². The fourth-order valence-corrected chi connectivity index (χ4v) is 4.88. The summed E-state index contributed by atoms with van der Waals surface area (Å²) in [6.45, 7) is 6.19. The molecule has 3 rings (SSSR count). The second-order valence-electron chi connectivity index (χ2n) is 7.37. The molecule has 2 aromatic carbocycles. The summed E-state index contributed by atoms with van der Waals surface area (Å²) >= 11 is 0. The molecule has 166 valence electrons. The fraction of sp³-hybridized carbons (Fsp3) is 0.364. The molecule has 1 aliphatic heterocycles. The first kappa shape index (κ1) is 22.9. The number of benzene rings is 2. The van der Waals surface area contributed by atoms with E-state index in [9.17, 15) is 18.0 Å². The van der Waals surface area contributed by atoms with Crippen LogP contribution in [0.25, 0.3) is 0 Å². The summed E-state index contributed by atoms with van der Waals surface area (Å²) in [6, 6.07) is 9.87. The SMILES string of the molecule is Cc1ccc(C(=O)OCC(=O)Nc2cccc(C)c2C)cc1S(=O)(=O)N1CCOCC1. The normalized spacial score (nSPS) is 14.8. The quantitative estimate of drug-likeness (QED) is 0.684. The number of rotatable bonds is 6. The van der Waals surface area contributed by atoms with Crippen LogP contribution in [0.5, 0.6) is 0 Å². The zero-order valence-electron chi connectivity index (χ0n) is 17.8. The fourth-order valence-electron chi connectivity index (χ4n) is 3.22. The number of nitrogens with one attached hydrogen (secondary N) is 1. The van der Waals surface area contributed by atoms with Gasteiger partial charge in [0.05, 0.1) is 23.7 Å². The first-order chi connectivity index (χ1) is 14.7. The van der Waals surface area contributed by atoms with Gasteiger partial charge in [-0.25, -0.2) is 13.2 Å². The van der Waals surface area contributed by atoms with Crippen molar-refractivity contribution in [3.05, 3.63) is 58.7 Å². The van der Waals surface area contributed by atoms with E-state index in [1.54, 1.807) is 19.1 Å². The number of hydrogen-bond acceptors (Lipinski definition) is 6. The van der Waals surface area contributed by atoms with E-state index >= 15 is 0 Å². The van der Waals surface area contributed by atoms with Crippen LogP contribution in [-0.2, 0) is 24.3 Å². The van der Waals surface area contributed by atoms with Gasteiger partial charge >= 0.3 is 5.97 Å². The number of morpholine rings is 1. The zero-order chi connectivity index (χ0) is 22.6. The third-order valence-electron chi connectivity index (χ3n) is 5.22. The molecule has 0 saturated carbocycles. The van der Waals surface area contributed by atoms with Gasteiger partial charge in [0.15, 0.2) is 6.61 Å². The first-order valence-corrected chi connectivity index (χ1v) is 11.4. The van der Waals surface area contributed by atoms with Crippen LogP contribution in [0.3, 0.4) is 0 Å². The van der Waals surface area contributed by atoms with Crippen molar-refractivity contribution in [2.45, 2.75) is 25.7 Å². The number of ether oxygens (including phenoxy) is 2. The Bertz CT molecular complexity index is 1090. The monoisotopic (exact) mass is 446 g/mol. The van der Waals surface area contributed by atoms with Gasteiger partial charge in [0.2, 0.25) is 10.0 Å². The second-order valence-corrected chi connectivity index (χ2v) is 9.27. The van der Waals surface area contributed by atoms with E-state index in [0.29, 0.717) is 24.5 Å². The molecule has 1 heterocycles. The number of aryl methyl sites for hydroxylation is 2. The molecule has 1 saturated heterocycles. The highest BCUT2D eigenvalue weighted by Crippen LogP contribution is 2.23. The van der Waals surface area contributed by atoms with Crippen LogP contribution in [0.15, 0.2) is 41.3 Å². The number of amides is 1. The second kappa shape index (κ2) is 9.59. The smallest absolute Gasteiger partial charge is 0.338 e. The molecule has 0 aromatic heterocycles. The van der Waals surface area contributed by atoms with Crippen molar-refractivity contribution in [2.75, 3.05) is 38.2 Å². The molecular weight excluding hydrogens is 420 g/mol. The van der Waals surface area contributed by atoms with Gasteiger partial charge in [-0.2, -0.15) is 4.31 Å². The summed E-state index contributed by atoms with van der Waals surface area (Å²) in [5.74, 6) is -1.25. The molecule has 1 N–H and O–H groups in total. The van der Waals surface area contributed by atoms with E-state index in [1.807, 2.05) is 26.0 Å². The summed E-state index contributed by atoms with van der Waals surface area (Å²) in [7, 11) is -3.76. The predicted octanol–water partition coefficient (Wildman–Crippen LogP) is 2.43. The van der Waals surface area contributed by atoms with E-state index in [2.05, 4.69) is 5.32 Å². The maximum atomic E-state index is 13.0. The lowest BCUT2D eigenvalue weighted by atomic mass is 10.1. The molecule has 0 spiro atoms. The van der Waals surface area contributed by atoms with E-state index in [4.69, 9.17) is 9.47 Å². The van der Waals surface area contributed by atoms with Crippen molar-refractivity contribution < 1.29 is 27.5 Å². The summed E-state index contributed by atoms with van der Waals surface area (Å²) in [5.41, 5.74) is 3.20. The maximum Gasteiger partial charge on any atom is 0.338 e. The van der Waals surface area contributed by atoms with E-state index in [-0.39, 0.29) is 23.5 Å². The van der Waals surface area contributed by atoms with Gasteiger partial charge in [-0.05, 0) is 55.7 Å². The van der Waals surface area contributed by atoms with Crippen LogP contribution in [0, 0.1) is 20.8 Å². The number of anilines is 1. The van der Waals surface area contributed by atoms with Crippen LogP contribution >= 0.6 is 0 Å². The Morgan fingerprint density at radius 2 is 1.77 bits per heavy atom. The third kappa shape index (κ3) is 5.30. The van der Waals surface area contributed by atoms with Crippen LogP contribution in [-0.4, -0.2) is 57.5 Å². The highest BCUT2D eigenvalue weighted by Gasteiger charge is 2.28. The van der Waals surface area contributed by atoms with Crippen molar-refractivity contribution in [1.29, 1.82) is 0 Å². The predicted molar refractivity (Wildman–Crippen MR) is 116 cm³/mol. The average molecular weight is 447 g/mol. The molecule has 0 atom stereocenters. The van der Waals surface area contributed by atoms with E-state index in [0.717, 1.165) is 11.1 Å². The van der Waals surface area contributed by atoms with Gasteiger partial charge in [0.1, 0.15) is 0 Å². The third-order valence-corrected chi connectivity index (χ3v) is 7.27. The summed E-state index contributed by atoms with van der Waals surface area (Å²) < 4.78 is 37.6. The number of carbonyl (C=O) groups is 2. The van der Waals surface area contributed by atoms with Crippen molar-refractivity contribution in [2.24, 2.45) is 0 Å². The Morgan fingerprint density at radius 3 is 2.48 bits per heavy atom. The Hall–Kier alpha value is -2.75. The summed E-state index contributed by atoms with van der Waals surface area (Å²) in [4.78, 5) is 24.7. The van der Waals surface area contributed by atoms with Crippen molar-refractivity contribution in [3.63, 3.8) is 0 Å². The average Bonchev–Trinajstić information content (AvgIpc) is 2.76. The highest BCUT2D eigenvalue weighted by molar-refractivity contribution is 7.89. The van der Waals surface area contributed by atoms with Crippen LogP contribution in [0.2, 0.25) is 0 Å². The standard InChI is InChI=1S/C22H26N2O6S/c1-15-5-4-6-19(17(15)3)23-21(25)14-30-22(26)18-8-7-16(2)20(13-18)31(27,28)24-9-11-29-12-10-24/h4-8,13H,9-12,14H2,1-3H3,(H,23,25). The van der Waals surface area contributed by atoms with Gasteiger partial charge < -0.3 is 14.8 Å². The number of hydrogen-bond donors (Lipinski definition) is 1. The van der Waals surface area contributed by atoms with Gasteiger partial charge in [-0.15, -0.1) is 0 Å². The molecule has 0 radical (unpaired) electrons. The topological polar surface area (TPSA) is 102 Å². The lowest BCUT2D eigenvalue weighted by Gasteiger charge is -2.26. The van der Waals surface area contributed by atoms with Crippen LogP contribution in [0.1, 0.15) is 27.0 Å².